The summed E-state index contributed by atoms with van der Waals surface area (Å²) >= 11 is 6.41. The first-order valence-electron chi connectivity index (χ1n) is 7.21. The van der Waals surface area contributed by atoms with Gasteiger partial charge in [0.05, 0.1) is 17.3 Å². The Morgan fingerprint density at radius 1 is 1.48 bits per heavy atom. The Morgan fingerprint density at radius 3 is 3.00 bits per heavy atom. The molecule has 2 heterocycles. The maximum atomic E-state index is 11.7. The van der Waals surface area contributed by atoms with E-state index in [1.165, 1.54) is 6.92 Å². The van der Waals surface area contributed by atoms with E-state index in [2.05, 4.69) is 10.3 Å². The van der Waals surface area contributed by atoms with Gasteiger partial charge in [0.2, 0.25) is 11.9 Å². The molecule has 0 radical (unpaired) electrons. The predicted octanol–water partition coefficient (Wildman–Crippen LogP) is 1.60. The third-order valence-electron chi connectivity index (χ3n) is 3.74. The lowest BCUT2D eigenvalue weighted by atomic mass is 10.1. The van der Waals surface area contributed by atoms with Gasteiger partial charge in [0, 0.05) is 12.5 Å². The van der Waals surface area contributed by atoms with Crippen molar-refractivity contribution in [2.75, 3.05) is 13.2 Å². The standard InChI is InChI=1S/C15H16ClN3O4/c1-8-14(21)18-15-17-11-3-4-12(23-6-5-22-9(2)20)13(16)10(11)7-19(8)15/h3-4,8H,5-7H2,1-2H3,(H,17,18,21). The molecule has 1 fully saturated rings. The Morgan fingerprint density at radius 2 is 2.26 bits per heavy atom. The van der Waals surface area contributed by atoms with Gasteiger partial charge in [-0.15, -0.1) is 0 Å². The molecule has 1 atom stereocenters. The number of guanidine groups is 1. The van der Waals surface area contributed by atoms with Crippen LogP contribution in [0.5, 0.6) is 5.75 Å². The molecule has 0 saturated carbocycles. The van der Waals surface area contributed by atoms with E-state index >= 15 is 0 Å². The van der Waals surface area contributed by atoms with Crippen LogP contribution < -0.4 is 10.1 Å². The molecule has 0 aromatic heterocycles. The third-order valence-corrected chi connectivity index (χ3v) is 4.15. The number of benzene rings is 1. The molecular formula is C15H16ClN3O4. The van der Waals surface area contributed by atoms with E-state index in [0.717, 1.165) is 5.56 Å². The summed E-state index contributed by atoms with van der Waals surface area (Å²) in [5.41, 5.74) is 1.52. The fraction of sp³-hybridized carbons (Fsp3) is 0.400. The molecule has 1 unspecified atom stereocenters. The van der Waals surface area contributed by atoms with Gasteiger partial charge in [-0.1, -0.05) is 11.6 Å². The van der Waals surface area contributed by atoms with E-state index in [0.29, 0.717) is 29.0 Å². The highest BCUT2D eigenvalue weighted by Crippen LogP contribution is 2.39. The second-order valence-corrected chi connectivity index (χ2v) is 5.67. The van der Waals surface area contributed by atoms with Crippen molar-refractivity contribution in [2.45, 2.75) is 26.4 Å². The topological polar surface area (TPSA) is 80.2 Å². The number of nitrogens with one attached hydrogen (secondary N) is 1. The molecule has 2 aliphatic heterocycles. The Labute approximate surface area is 138 Å². The lowest BCUT2D eigenvalue weighted by Gasteiger charge is -2.27. The Balaban J connectivity index is 1.77. The van der Waals surface area contributed by atoms with Crippen molar-refractivity contribution >= 4 is 35.1 Å². The summed E-state index contributed by atoms with van der Waals surface area (Å²) in [7, 11) is 0. The van der Waals surface area contributed by atoms with Gasteiger partial charge in [0.15, 0.2) is 0 Å². The number of carbonyl (C=O) groups excluding carboxylic acids is 2. The number of nitrogens with zero attached hydrogens (tertiary/aromatic N) is 2. The normalized spacial score (nSPS) is 18.7. The molecule has 1 saturated heterocycles. The summed E-state index contributed by atoms with van der Waals surface area (Å²) in [4.78, 5) is 28.8. The summed E-state index contributed by atoms with van der Waals surface area (Å²) in [6.45, 7) is 4.01. The van der Waals surface area contributed by atoms with Crippen molar-refractivity contribution in [1.29, 1.82) is 0 Å². The third kappa shape index (κ3) is 2.96. The zero-order valence-corrected chi connectivity index (χ0v) is 13.5. The Hall–Kier alpha value is -2.28. The van der Waals surface area contributed by atoms with Crippen LogP contribution >= 0.6 is 11.6 Å². The van der Waals surface area contributed by atoms with Crippen molar-refractivity contribution in [2.24, 2.45) is 4.99 Å². The van der Waals surface area contributed by atoms with Crippen LogP contribution in [0.1, 0.15) is 19.4 Å². The van der Waals surface area contributed by atoms with Crippen LogP contribution in [0.4, 0.5) is 5.69 Å². The number of esters is 1. The van der Waals surface area contributed by atoms with Crippen LogP contribution in [-0.4, -0.2) is 42.0 Å². The molecule has 8 heteroatoms. The number of ether oxygens (including phenoxy) is 2. The summed E-state index contributed by atoms with van der Waals surface area (Å²) in [6, 6.07) is 3.22. The second-order valence-electron chi connectivity index (χ2n) is 5.29. The second kappa shape index (κ2) is 6.08. The first-order chi connectivity index (χ1) is 11.0. The fourth-order valence-corrected chi connectivity index (χ4v) is 2.77. The molecule has 2 aliphatic rings. The number of hydrogen-bond donors (Lipinski definition) is 1. The molecule has 1 N–H and O–H groups in total. The highest BCUT2D eigenvalue weighted by atomic mass is 35.5. The molecule has 0 bridgehead atoms. The molecule has 23 heavy (non-hydrogen) atoms. The van der Waals surface area contributed by atoms with Gasteiger partial charge in [-0.25, -0.2) is 4.99 Å². The van der Waals surface area contributed by atoms with Gasteiger partial charge >= 0.3 is 5.97 Å². The zero-order chi connectivity index (χ0) is 16.6. The van der Waals surface area contributed by atoms with E-state index in [4.69, 9.17) is 21.1 Å². The maximum absolute atomic E-state index is 11.7. The number of aliphatic imine (C=N–C) groups is 1. The molecule has 122 valence electrons. The van der Waals surface area contributed by atoms with Crippen molar-refractivity contribution < 1.29 is 19.1 Å². The van der Waals surface area contributed by atoms with E-state index in [1.54, 1.807) is 12.1 Å². The predicted molar refractivity (Wildman–Crippen MR) is 83.8 cm³/mol. The van der Waals surface area contributed by atoms with Gasteiger partial charge in [-0.3, -0.25) is 14.9 Å². The van der Waals surface area contributed by atoms with Crippen LogP contribution in [0, 0.1) is 0 Å². The first-order valence-corrected chi connectivity index (χ1v) is 7.59. The highest BCUT2D eigenvalue weighted by molar-refractivity contribution is 6.33. The summed E-state index contributed by atoms with van der Waals surface area (Å²) in [5, 5.41) is 3.21. The van der Waals surface area contributed by atoms with Crippen LogP contribution in [-0.2, 0) is 20.9 Å². The van der Waals surface area contributed by atoms with Crippen molar-refractivity contribution in [1.82, 2.24) is 10.2 Å². The largest absolute Gasteiger partial charge is 0.488 e. The zero-order valence-electron chi connectivity index (χ0n) is 12.8. The van der Waals surface area contributed by atoms with Crippen LogP contribution in [0.3, 0.4) is 0 Å². The molecule has 1 amide bonds. The highest BCUT2D eigenvalue weighted by Gasteiger charge is 2.36. The molecule has 1 aromatic rings. The number of rotatable bonds is 4. The number of amides is 1. The lowest BCUT2D eigenvalue weighted by molar-refractivity contribution is -0.141. The summed E-state index contributed by atoms with van der Waals surface area (Å²) in [6.07, 6.45) is 0. The van der Waals surface area contributed by atoms with Gasteiger partial charge in [-0.2, -0.15) is 0 Å². The monoisotopic (exact) mass is 337 g/mol. The van der Waals surface area contributed by atoms with Crippen molar-refractivity contribution in [3.63, 3.8) is 0 Å². The first kappa shape index (κ1) is 15.6. The average molecular weight is 338 g/mol. The minimum Gasteiger partial charge on any atom is -0.488 e. The van der Waals surface area contributed by atoms with Crippen LogP contribution in [0.25, 0.3) is 0 Å². The molecule has 1 aromatic carbocycles. The quantitative estimate of drug-likeness (QED) is 0.667. The van der Waals surface area contributed by atoms with Gasteiger partial charge in [0.25, 0.3) is 0 Å². The van der Waals surface area contributed by atoms with Gasteiger partial charge in [-0.05, 0) is 19.1 Å². The van der Waals surface area contributed by atoms with Gasteiger partial charge in [0.1, 0.15) is 25.0 Å². The number of carbonyl (C=O) groups is 2. The van der Waals surface area contributed by atoms with Crippen molar-refractivity contribution in [3.05, 3.63) is 22.7 Å². The number of fused-ring (bicyclic) bond motifs is 2. The van der Waals surface area contributed by atoms with E-state index in [9.17, 15) is 9.59 Å². The van der Waals surface area contributed by atoms with E-state index in [-0.39, 0.29) is 31.1 Å². The number of hydrogen-bond acceptors (Lipinski definition) is 6. The van der Waals surface area contributed by atoms with Crippen LogP contribution in [0.15, 0.2) is 17.1 Å². The maximum Gasteiger partial charge on any atom is 0.302 e. The van der Waals surface area contributed by atoms with Gasteiger partial charge < -0.3 is 14.4 Å². The average Bonchev–Trinajstić information content (AvgIpc) is 2.78. The van der Waals surface area contributed by atoms with E-state index in [1.807, 2.05) is 11.8 Å². The SMILES string of the molecule is CC(=O)OCCOc1ccc2c(c1Cl)CN1C(=N2)NC(=O)C1C. The number of halogens is 1. The minimum atomic E-state index is -0.354. The molecule has 0 aliphatic carbocycles. The van der Waals surface area contributed by atoms with Crippen LogP contribution in [0.2, 0.25) is 5.02 Å². The molecule has 0 spiro atoms. The minimum absolute atomic E-state index is 0.0782. The van der Waals surface area contributed by atoms with E-state index < -0.39 is 0 Å². The molecular weight excluding hydrogens is 322 g/mol. The lowest BCUT2D eigenvalue weighted by Crippen LogP contribution is -2.35. The molecule has 3 rings (SSSR count). The smallest absolute Gasteiger partial charge is 0.302 e. The summed E-state index contributed by atoms with van der Waals surface area (Å²) in [5.74, 6) is 0.620. The molecule has 7 nitrogen and oxygen atoms in total. The van der Waals surface area contributed by atoms with Crippen molar-refractivity contribution in [3.8, 4) is 5.75 Å². The summed E-state index contributed by atoms with van der Waals surface area (Å²) < 4.78 is 10.4. The fourth-order valence-electron chi connectivity index (χ4n) is 2.49. The Kier molecular flexibility index (Phi) is 4.12. The Bertz CT molecular complexity index is 704.